The molecule has 0 bridgehead atoms. The van der Waals surface area contributed by atoms with Crippen molar-refractivity contribution in [2.45, 2.75) is 6.61 Å². The van der Waals surface area contributed by atoms with Gasteiger partial charge >= 0.3 is 0 Å². The standard InChI is InChI=1S/C17H15ClN4O3/c1-24-13-8-11(14-15(17(19)23)21-22-20-14)7-12(18)16(13)25-9-10-5-3-2-4-6-10/h2-8H,9H2,1H3,(H2,19,23)(H,20,21,22). The normalized spacial score (nSPS) is 10.5. The molecule has 0 atom stereocenters. The molecule has 0 spiro atoms. The predicted octanol–water partition coefficient (Wildman–Crippen LogP) is 2.81. The maximum Gasteiger partial charge on any atom is 0.271 e. The van der Waals surface area contributed by atoms with Gasteiger partial charge < -0.3 is 15.2 Å². The van der Waals surface area contributed by atoms with Crippen LogP contribution in [0.2, 0.25) is 5.02 Å². The molecule has 3 aromatic rings. The number of rotatable bonds is 6. The second-order valence-electron chi connectivity index (χ2n) is 5.15. The Balaban J connectivity index is 1.93. The Morgan fingerprint density at radius 3 is 2.68 bits per heavy atom. The van der Waals surface area contributed by atoms with Gasteiger partial charge in [-0.2, -0.15) is 15.4 Å². The van der Waals surface area contributed by atoms with E-state index in [9.17, 15) is 4.79 Å². The van der Waals surface area contributed by atoms with Crippen molar-refractivity contribution in [3.8, 4) is 22.8 Å². The number of nitrogens with one attached hydrogen (secondary N) is 1. The van der Waals surface area contributed by atoms with E-state index in [1.807, 2.05) is 30.3 Å². The average molecular weight is 359 g/mol. The first-order valence-corrected chi connectivity index (χ1v) is 7.73. The molecule has 0 unspecified atom stereocenters. The molecule has 0 aliphatic rings. The first-order chi connectivity index (χ1) is 12.1. The number of amides is 1. The number of nitrogens with zero attached hydrogens (tertiary/aromatic N) is 2. The Hall–Kier alpha value is -3.06. The van der Waals surface area contributed by atoms with Crippen LogP contribution >= 0.6 is 11.6 Å². The van der Waals surface area contributed by atoms with Gasteiger partial charge in [-0.1, -0.05) is 41.9 Å². The van der Waals surface area contributed by atoms with Gasteiger partial charge in [0.25, 0.3) is 5.91 Å². The molecule has 3 rings (SSSR count). The van der Waals surface area contributed by atoms with E-state index < -0.39 is 5.91 Å². The second kappa shape index (κ2) is 7.23. The molecular formula is C17H15ClN4O3. The van der Waals surface area contributed by atoms with Crippen LogP contribution in [0.1, 0.15) is 16.1 Å². The van der Waals surface area contributed by atoms with Crippen molar-refractivity contribution in [2.75, 3.05) is 7.11 Å². The quantitative estimate of drug-likeness (QED) is 0.705. The first-order valence-electron chi connectivity index (χ1n) is 7.35. The maximum atomic E-state index is 11.4. The lowest BCUT2D eigenvalue weighted by Crippen LogP contribution is -2.12. The molecule has 0 saturated carbocycles. The van der Waals surface area contributed by atoms with Gasteiger partial charge in [0.05, 0.1) is 12.1 Å². The fourth-order valence-electron chi connectivity index (χ4n) is 2.33. The van der Waals surface area contributed by atoms with Crippen LogP contribution < -0.4 is 15.2 Å². The summed E-state index contributed by atoms with van der Waals surface area (Å²) in [5.41, 5.74) is 7.15. The SMILES string of the molecule is COc1cc(-c2n[nH]nc2C(N)=O)cc(Cl)c1OCc1ccccc1. The third-order valence-corrected chi connectivity index (χ3v) is 3.79. The number of halogens is 1. The van der Waals surface area contributed by atoms with Gasteiger partial charge in [0, 0.05) is 5.56 Å². The molecule has 7 nitrogen and oxygen atoms in total. The fraction of sp³-hybridized carbons (Fsp3) is 0.118. The topological polar surface area (TPSA) is 103 Å². The van der Waals surface area contributed by atoms with Crippen LogP contribution in [0, 0.1) is 0 Å². The summed E-state index contributed by atoms with van der Waals surface area (Å²) in [6.45, 7) is 0.340. The molecule has 3 N–H and O–H groups in total. The second-order valence-corrected chi connectivity index (χ2v) is 5.56. The van der Waals surface area contributed by atoms with Crippen molar-refractivity contribution in [1.29, 1.82) is 0 Å². The number of carbonyl (C=O) groups is 1. The summed E-state index contributed by atoms with van der Waals surface area (Å²) in [7, 11) is 1.50. The lowest BCUT2D eigenvalue weighted by atomic mass is 10.1. The summed E-state index contributed by atoms with van der Waals surface area (Å²) in [6.07, 6.45) is 0. The van der Waals surface area contributed by atoms with Crippen molar-refractivity contribution >= 4 is 17.5 Å². The van der Waals surface area contributed by atoms with E-state index in [0.717, 1.165) is 5.56 Å². The number of H-pyrrole nitrogens is 1. The average Bonchev–Trinajstić information content (AvgIpc) is 3.11. The highest BCUT2D eigenvalue weighted by molar-refractivity contribution is 6.32. The van der Waals surface area contributed by atoms with Crippen LogP contribution in [0.15, 0.2) is 42.5 Å². The van der Waals surface area contributed by atoms with E-state index in [0.29, 0.717) is 34.4 Å². The number of nitrogens with two attached hydrogens (primary N) is 1. The molecule has 8 heteroatoms. The Labute approximate surface area is 148 Å². The minimum absolute atomic E-state index is 0.0241. The summed E-state index contributed by atoms with van der Waals surface area (Å²) >= 11 is 6.35. The first kappa shape index (κ1) is 16.8. The van der Waals surface area contributed by atoms with Crippen LogP contribution in [0.5, 0.6) is 11.5 Å². The molecule has 0 aliphatic heterocycles. The van der Waals surface area contributed by atoms with E-state index >= 15 is 0 Å². The zero-order valence-corrected chi connectivity index (χ0v) is 14.1. The highest BCUT2D eigenvalue weighted by Crippen LogP contribution is 2.39. The van der Waals surface area contributed by atoms with Crippen LogP contribution in [-0.4, -0.2) is 28.4 Å². The third kappa shape index (κ3) is 3.56. The van der Waals surface area contributed by atoms with Crippen LogP contribution in [0.25, 0.3) is 11.3 Å². The van der Waals surface area contributed by atoms with E-state index in [2.05, 4.69) is 15.4 Å². The summed E-state index contributed by atoms with van der Waals surface area (Å²) in [5, 5.41) is 10.4. The van der Waals surface area contributed by atoms with Gasteiger partial charge in [0.15, 0.2) is 17.2 Å². The molecular weight excluding hydrogens is 344 g/mol. The number of hydrogen-bond donors (Lipinski definition) is 2. The van der Waals surface area contributed by atoms with Gasteiger partial charge in [-0.05, 0) is 17.7 Å². The van der Waals surface area contributed by atoms with Gasteiger partial charge in [0.1, 0.15) is 12.3 Å². The van der Waals surface area contributed by atoms with Gasteiger partial charge in [-0.25, -0.2) is 0 Å². The lowest BCUT2D eigenvalue weighted by molar-refractivity contribution is 0.0996. The van der Waals surface area contributed by atoms with Crippen molar-refractivity contribution < 1.29 is 14.3 Å². The van der Waals surface area contributed by atoms with Crippen molar-refractivity contribution in [3.05, 3.63) is 58.7 Å². The number of carbonyl (C=O) groups excluding carboxylic acids is 1. The largest absolute Gasteiger partial charge is 0.493 e. The molecule has 0 aliphatic carbocycles. The Morgan fingerprint density at radius 1 is 1.24 bits per heavy atom. The van der Waals surface area contributed by atoms with E-state index in [4.69, 9.17) is 26.8 Å². The Kier molecular flexibility index (Phi) is 4.85. The number of aromatic amines is 1. The summed E-state index contributed by atoms with van der Waals surface area (Å²) in [4.78, 5) is 11.4. The number of primary amides is 1. The number of methoxy groups -OCH3 is 1. The number of ether oxygens (including phenoxy) is 2. The summed E-state index contributed by atoms with van der Waals surface area (Å²) in [6, 6.07) is 13.0. The fourth-order valence-corrected chi connectivity index (χ4v) is 2.60. The molecule has 1 aromatic heterocycles. The summed E-state index contributed by atoms with van der Waals surface area (Å²) < 4.78 is 11.2. The smallest absolute Gasteiger partial charge is 0.271 e. The van der Waals surface area contributed by atoms with Crippen molar-refractivity contribution in [2.24, 2.45) is 5.73 Å². The molecule has 128 valence electrons. The van der Waals surface area contributed by atoms with Crippen LogP contribution in [-0.2, 0) is 6.61 Å². The molecule has 0 radical (unpaired) electrons. The van der Waals surface area contributed by atoms with Crippen LogP contribution in [0.3, 0.4) is 0 Å². The lowest BCUT2D eigenvalue weighted by Gasteiger charge is -2.14. The molecule has 0 fully saturated rings. The highest BCUT2D eigenvalue weighted by atomic mass is 35.5. The molecule has 1 amide bonds. The van der Waals surface area contributed by atoms with Gasteiger partial charge in [-0.15, -0.1) is 0 Å². The van der Waals surface area contributed by atoms with Crippen molar-refractivity contribution in [3.63, 3.8) is 0 Å². The minimum atomic E-state index is -0.691. The molecule has 25 heavy (non-hydrogen) atoms. The zero-order valence-electron chi connectivity index (χ0n) is 13.3. The number of aromatic nitrogens is 3. The third-order valence-electron chi connectivity index (χ3n) is 3.51. The van der Waals surface area contributed by atoms with Crippen molar-refractivity contribution in [1.82, 2.24) is 15.4 Å². The molecule has 0 saturated heterocycles. The van der Waals surface area contributed by atoms with Crippen LogP contribution in [0.4, 0.5) is 0 Å². The molecule has 2 aromatic carbocycles. The maximum absolute atomic E-state index is 11.4. The predicted molar refractivity (Wildman–Crippen MR) is 92.7 cm³/mol. The monoisotopic (exact) mass is 358 g/mol. The number of hydrogen-bond acceptors (Lipinski definition) is 5. The van der Waals surface area contributed by atoms with E-state index in [1.165, 1.54) is 7.11 Å². The Bertz CT molecular complexity index is 896. The van der Waals surface area contributed by atoms with E-state index in [1.54, 1.807) is 12.1 Å². The number of benzene rings is 2. The van der Waals surface area contributed by atoms with Gasteiger partial charge in [-0.3, -0.25) is 4.79 Å². The Morgan fingerprint density at radius 2 is 2.00 bits per heavy atom. The highest BCUT2D eigenvalue weighted by Gasteiger charge is 2.19. The zero-order chi connectivity index (χ0) is 17.8. The van der Waals surface area contributed by atoms with E-state index in [-0.39, 0.29) is 5.69 Å². The molecule has 1 heterocycles. The minimum Gasteiger partial charge on any atom is -0.493 e. The summed E-state index contributed by atoms with van der Waals surface area (Å²) in [5.74, 6) is 0.126. The van der Waals surface area contributed by atoms with Gasteiger partial charge in [0.2, 0.25) is 0 Å².